The van der Waals surface area contributed by atoms with Crippen LogP contribution in [0, 0.1) is 0 Å². The molecule has 1 saturated carbocycles. The minimum absolute atomic E-state index is 0.0576. The van der Waals surface area contributed by atoms with Gasteiger partial charge in [-0.3, -0.25) is 4.79 Å². The molecule has 0 radical (unpaired) electrons. The minimum Gasteiger partial charge on any atom is -0.387 e. The molecule has 0 bridgehead atoms. The zero-order chi connectivity index (χ0) is 17.0. The normalized spacial score (nSPS) is 17.6. The number of hydrogen-bond acceptors (Lipinski definition) is 4. The number of benzene rings is 1. The first-order chi connectivity index (χ1) is 11.7. The number of aliphatic hydroxyl groups excluding tert-OH is 1. The van der Waals surface area contributed by atoms with E-state index in [0.29, 0.717) is 0 Å². The minimum atomic E-state index is -0.674. The third-order valence-electron chi connectivity index (χ3n) is 4.84. The molecule has 1 aromatic heterocycles. The molecule has 24 heavy (non-hydrogen) atoms. The van der Waals surface area contributed by atoms with Gasteiger partial charge in [-0.25, -0.2) is 0 Å². The largest absolute Gasteiger partial charge is 0.387 e. The van der Waals surface area contributed by atoms with Crippen LogP contribution < -0.4 is 5.32 Å². The molecule has 1 heterocycles. The summed E-state index contributed by atoms with van der Waals surface area (Å²) < 4.78 is 0. The van der Waals surface area contributed by atoms with Gasteiger partial charge in [-0.2, -0.15) is 0 Å². The first-order valence-corrected chi connectivity index (χ1v) is 10.4. The molecule has 1 atom stereocenters. The van der Waals surface area contributed by atoms with Gasteiger partial charge < -0.3 is 10.4 Å². The molecule has 0 saturated heterocycles. The number of aliphatic hydroxyl groups is 1. The molecule has 1 aromatic carbocycles. The predicted octanol–water partition coefficient (Wildman–Crippen LogP) is 4.13. The Morgan fingerprint density at radius 3 is 2.58 bits per heavy atom. The summed E-state index contributed by atoms with van der Waals surface area (Å²) in [6.45, 7) is 0.255. The van der Waals surface area contributed by atoms with Crippen LogP contribution in [0.25, 0.3) is 0 Å². The Kier molecular flexibility index (Phi) is 5.64. The average molecular weight is 362 g/mol. The van der Waals surface area contributed by atoms with E-state index in [9.17, 15) is 9.90 Å². The molecule has 128 valence electrons. The van der Waals surface area contributed by atoms with Gasteiger partial charge in [-0.15, -0.1) is 23.1 Å². The Morgan fingerprint density at radius 1 is 1.29 bits per heavy atom. The fourth-order valence-electron chi connectivity index (χ4n) is 3.42. The van der Waals surface area contributed by atoms with Crippen LogP contribution in [0.2, 0.25) is 0 Å². The molecule has 2 aromatic rings. The Labute approximate surface area is 151 Å². The van der Waals surface area contributed by atoms with Crippen LogP contribution in [0.4, 0.5) is 0 Å². The Morgan fingerprint density at radius 2 is 2.00 bits per heavy atom. The Balaban J connectivity index is 1.65. The van der Waals surface area contributed by atoms with Crippen molar-refractivity contribution in [2.24, 2.45) is 0 Å². The van der Waals surface area contributed by atoms with Crippen molar-refractivity contribution in [3.8, 4) is 0 Å². The zero-order valence-corrected chi connectivity index (χ0v) is 15.5. The molecule has 5 heteroatoms. The van der Waals surface area contributed by atoms with E-state index in [0.717, 1.165) is 41.0 Å². The highest BCUT2D eigenvalue weighted by molar-refractivity contribution is 7.98. The number of hydrogen-bond donors (Lipinski definition) is 2. The number of amides is 1. The number of carbonyl (C=O) groups excluding carboxylic acids is 1. The third kappa shape index (κ3) is 3.53. The third-order valence-corrected chi connectivity index (χ3v) is 6.66. The second kappa shape index (κ2) is 7.72. The van der Waals surface area contributed by atoms with Gasteiger partial charge in [-0.05, 0) is 48.2 Å². The first kappa shape index (κ1) is 17.5. The van der Waals surface area contributed by atoms with Crippen LogP contribution in [-0.4, -0.2) is 23.8 Å². The van der Waals surface area contributed by atoms with Gasteiger partial charge in [0, 0.05) is 16.3 Å². The lowest BCUT2D eigenvalue weighted by atomic mass is 9.83. The monoisotopic (exact) mass is 361 g/mol. The first-order valence-electron chi connectivity index (χ1n) is 8.30. The van der Waals surface area contributed by atoms with E-state index in [-0.39, 0.29) is 12.5 Å². The maximum atomic E-state index is 12.9. The summed E-state index contributed by atoms with van der Waals surface area (Å²) >= 11 is 3.33. The van der Waals surface area contributed by atoms with Crippen LogP contribution >= 0.6 is 23.1 Å². The van der Waals surface area contributed by atoms with E-state index in [1.165, 1.54) is 0 Å². The number of carbonyl (C=O) groups is 1. The number of thiophene rings is 1. The van der Waals surface area contributed by atoms with E-state index in [1.54, 1.807) is 23.1 Å². The van der Waals surface area contributed by atoms with Crippen LogP contribution in [0.1, 0.15) is 42.2 Å². The molecular formula is C19H23NO2S2. The number of rotatable bonds is 6. The van der Waals surface area contributed by atoms with Gasteiger partial charge in [0.25, 0.3) is 0 Å². The lowest BCUT2D eigenvalue weighted by Crippen LogP contribution is -2.43. The summed E-state index contributed by atoms with van der Waals surface area (Å²) in [5.74, 6) is 0.0576. The molecule has 3 rings (SSSR count). The summed E-state index contributed by atoms with van der Waals surface area (Å²) in [5, 5.41) is 15.4. The molecule has 0 spiro atoms. The van der Waals surface area contributed by atoms with Gasteiger partial charge >= 0.3 is 0 Å². The highest BCUT2D eigenvalue weighted by Crippen LogP contribution is 2.43. The van der Waals surface area contributed by atoms with E-state index < -0.39 is 11.5 Å². The predicted molar refractivity (Wildman–Crippen MR) is 101 cm³/mol. The molecule has 3 nitrogen and oxygen atoms in total. The fourth-order valence-corrected chi connectivity index (χ4v) is 4.81. The van der Waals surface area contributed by atoms with Crippen molar-refractivity contribution in [3.05, 3.63) is 52.2 Å². The molecule has 2 N–H and O–H groups in total. The second-order valence-corrected chi connectivity index (χ2v) is 8.09. The Hall–Kier alpha value is -1.30. The molecule has 1 aliphatic carbocycles. The number of thioether (sulfide) groups is 1. The van der Waals surface area contributed by atoms with Crippen molar-refractivity contribution in [3.63, 3.8) is 0 Å². The SMILES string of the molecule is CSc1ccc([C@H](O)CNC(=O)C2(c3cccs3)CCCC2)cc1. The molecule has 1 fully saturated rings. The van der Waals surface area contributed by atoms with Gasteiger partial charge in [0.05, 0.1) is 11.5 Å². The molecule has 1 amide bonds. The fraction of sp³-hybridized carbons (Fsp3) is 0.421. The zero-order valence-electron chi connectivity index (χ0n) is 13.8. The summed E-state index contributed by atoms with van der Waals surface area (Å²) in [7, 11) is 0. The number of nitrogens with one attached hydrogen (secondary N) is 1. The van der Waals surface area contributed by atoms with Crippen LogP contribution in [0.3, 0.4) is 0 Å². The smallest absolute Gasteiger partial charge is 0.231 e. The second-order valence-electron chi connectivity index (χ2n) is 6.27. The summed E-state index contributed by atoms with van der Waals surface area (Å²) in [6, 6.07) is 11.9. The molecule has 0 unspecified atom stereocenters. The van der Waals surface area contributed by atoms with Gasteiger partial charge in [0.15, 0.2) is 0 Å². The van der Waals surface area contributed by atoms with E-state index in [4.69, 9.17) is 0 Å². The van der Waals surface area contributed by atoms with Crippen molar-refractivity contribution in [1.82, 2.24) is 5.32 Å². The quantitative estimate of drug-likeness (QED) is 0.761. The summed E-state index contributed by atoms with van der Waals surface area (Å²) in [4.78, 5) is 15.2. The van der Waals surface area contributed by atoms with Crippen molar-refractivity contribution in [2.45, 2.75) is 42.1 Å². The van der Waals surface area contributed by atoms with Crippen molar-refractivity contribution in [2.75, 3.05) is 12.8 Å². The van der Waals surface area contributed by atoms with E-state index in [1.807, 2.05) is 42.0 Å². The molecule has 0 aliphatic heterocycles. The maximum Gasteiger partial charge on any atom is 0.231 e. The lowest BCUT2D eigenvalue weighted by Gasteiger charge is -2.27. The standard InChI is InChI=1S/C19H23NO2S2/c1-23-15-8-6-14(7-9-15)16(21)13-20-18(22)19(10-2-3-11-19)17-5-4-12-24-17/h4-9,12,16,21H,2-3,10-11,13H2,1H3,(H,20,22)/t16-/m1/s1. The van der Waals surface area contributed by atoms with Crippen molar-refractivity contribution >= 4 is 29.0 Å². The summed E-state index contributed by atoms with van der Waals surface area (Å²) in [6.07, 6.45) is 5.33. The molecular weight excluding hydrogens is 338 g/mol. The summed E-state index contributed by atoms with van der Waals surface area (Å²) in [5.41, 5.74) is 0.445. The van der Waals surface area contributed by atoms with Crippen LogP contribution in [0.5, 0.6) is 0 Å². The maximum absolute atomic E-state index is 12.9. The Bertz CT molecular complexity index is 661. The average Bonchev–Trinajstić information content (AvgIpc) is 3.31. The van der Waals surface area contributed by atoms with Crippen molar-refractivity contribution < 1.29 is 9.90 Å². The van der Waals surface area contributed by atoms with Crippen LogP contribution in [-0.2, 0) is 10.2 Å². The van der Waals surface area contributed by atoms with Crippen molar-refractivity contribution in [1.29, 1.82) is 0 Å². The molecule has 1 aliphatic rings. The highest BCUT2D eigenvalue weighted by Gasteiger charge is 2.43. The van der Waals surface area contributed by atoms with Gasteiger partial charge in [-0.1, -0.05) is 31.0 Å². The lowest BCUT2D eigenvalue weighted by molar-refractivity contribution is -0.127. The van der Waals surface area contributed by atoms with Gasteiger partial charge in [0.2, 0.25) is 5.91 Å². The van der Waals surface area contributed by atoms with E-state index in [2.05, 4.69) is 11.4 Å². The van der Waals surface area contributed by atoms with Gasteiger partial charge in [0.1, 0.15) is 0 Å². The topological polar surface area (TPSA) is 49.3 Å². The highest BCUT2D eigenvalue weighted by atomic mass is 32.2. The van der Waals surface area contributed by atoms with Crippen LogP contribution in [0.15, 0.2) is 46.7 Å². The van der Waals surface area contributed by atoms with E-state index >= 15 is 0 Å².